The predicted octanol–water partition coefficient (Wildman–Crippen LogP) is 17.3. The first-order chi connectivity index (χ1) is 32.0. The lowest BCUT2D eigenvalue weighted by molar-refractivity contribution is -0.167. The predicted molar refractivity (Wildman–Crippen MR) is 279 cm³/mol. The largest absolute Gasteiger partial charge is 0.462 e. The zero-order valence-corrected chi connectivity index (χ0v) is 41.7. The highest BCUT2D eigenvalue weighted by atomic mass is 16.6. The number of carbonyl (C=O) groups excluding carboxylic acids is 3. The number of unbranched alkanes of at least 4 members (excludes halogenated alkanes) is 14. The Morgan fingerprint density at radius 2 is 0.600 bits per heavy atom. The van der Waals surface area contributed by atoms with Crippen LogP contribution in [-0.2, 0) is 28.6 Å². The number of hydrogen-bond acceptors (Lipinski definition) is 6. The van der Waals surface area contributed by atoms with Gasteiger partial charge in [-0.1, -0.05) is 181 Å². The van der Waals surface area contributed by atoms with Crippen LogP contribution in [0, 0.1) is 0 Å². The molecule has 0 rings (SSSR count). The van der Waals surface area contributed by atoms with Crippen molar-refractivity contribution in [2.24, 2.45) is 0 Å². The summed E-state index contributed by atoms with van der Waals surface area (Å²) in [5.74, 6) is -1.03. The van der Waals surface area contributed by atoms with Crippen molar-refractivity contribution in [3.05, 3.63) is 122 Å². The molecule has 6 heteroatoms. The average Bonchev–Trinajstić information content (AvgIpc) is 3.30. The van der Waals surface area contributed by atoms with Crippen molar-refractivity contribution >= 4 is 17.9 Å². The quantitative estimate of drug-likeness (QED) is 0.0262. The van der Waals surface area contributed by atoms with Gasteiger partial charge in [-0.2, -0.15) is 0 Å². The molecule has 0 N–H and O–H groups in total. The Bertz CT molecular complexity index is 1400. The number of hydrogen-bond donors (Lipinski definition) is 0. The Hall–Kier alpha value is -4.19. The van der Waals surface area contributed by atoms with E-state index < -0.39 is 6.10 Å². The minimum absolute atomic E-state index is 0.122. The lowest BCUT2D eigenvalue weighted by Gasteiger charge is -2.18. The van der Waals surface area contributed by atoms with Gasteiger partial charge in [0.2, 0.25) is 0 Å². The van der Waals surface area contributed by atoms with E-state index in [1.54, 1.807) is 0 Å². The van der Waals surface area contributed by atoms with Crippen molar-refractivity contribution in [2.75, 3.05) is 13.2 Å². The van der Waals surface area contributed by atoms with Gasteiger partial charge in [-0.05, 0) is 135 Å². The van der Waals surface area contributed by atoms with E-state index in [1.807, 2.05) is 0 Å². The summed E-state index contributed by atoms with van der Waals surface area (Å²) >= 11 is 0. The number of esters is 3. The molecule has 0 aromatic rings. The van der Waals surface area contributed by atoms with Gasteiger partial charge in [-0.3, -0.25) is 14.4 Å². The van der Waals surface area contributed by atoms with E-state index in [2.05, 4.69) is 142 Å². The number of rotatable bonds is 45. The molecule has 0 saturated carbocycles. The Balaban J connectivity index is 4.58. The fourth-order valence-corrected chi connectivity index (χ4v) is 6.50. The summed E-state index contributed by atoms with van der Waals surface area (Å²) in [6.07, 6.45) is 71.8. The first-order valence-electron chi connectivity index (χ1n) is 26.0. The Morgan fingerprint density at radius 3 is 0.954 bits per heavy atom. The van der Waals surface area contributed by atoms with Crippen LogP contribution in [0.25, 0.3) is 0 Å². The minimum atomic E-state index is -0.828. The minimum Gasteiger partial charge on any atom is -0.462 e. The summed E-state index contributed by atoms with van der Waals surface area (Å²) in [7, 11) is 0. The molecule has 0 fully saturated rings. The molecule has 0 heterocycles. The maximum atomic E-state index is 12.8. The molecular weight excluding hydrogens is 805 g/mol. The summed E-state index contributed by atoms with van der Waals surface area (Å²) < 4.78 is 16.7. The molecule has 0 aromatic carbocycles. The van der Waals surface area contributed by atoms with Crippen LogP contribution in [0.15, 0.2) is 122 Å². The highest BCUT2D eigenvalue weighted by molar-refractivity contribution is 5.71. The van der Waals surface area contributed by atoms with Gasteiger partial charge in [-0.25, -0.2) is 0 Å². The van der Waals surface area contributed by atoms with Gasteiger partial charge in [-0.15, -0.1) is 0 Å². The smallest absolute Gasteiger partial charge is 0.306 e. The third-order valence-electron chi connectivity index (χ3n) is 10.4. The fraction of sp³-hybridized carbons (Fsp3) is 0.610. The first kappa shape index (κ1) is 60.8. The molecule has 0 radical (unpaired) electrons. The van der Waals surface area contributed by atoms with Crippen LogP contribution >= 0.6 is 0 Å². The second-order valence-electron chi connectivity index (χ2n) is 16.7. The zero-order chi connectivity index (χ0) is 47.2. The van der Waals surface area contributed by atoms with Crippen LogP contribution in [0.4, 0.5) is 0 Å². The van der Waals surface area contributed by atoms with Crippen molar-refractivity contribution < 1.29 is 28.6 Å². The third kappa shape index (κ3) is 50.7. The van der Waals surface area contributed by atoms with Crippen molar-refractivity contribution in [1.82, 2.24) is 0 Å². The average molecular weight is 899 g/mol. The molecule has 1 atom stereocenters. The molecular formula is C59H94O6. The maximum Gasteiger partial charge on any atom is 0.306 e. The van der Waals surface area contributed by atoms with E-state index in [4.69, 9.17) is 14.2 Å². The van der Waals surface area contributed by atoms with Crippen molar-refractivity contribution in [3.8, 4) is 0 Å². The molecule has 0 aliphatic rings. The van der Waals surface area contributed by atoms with Crippen LogP contribution in [0.3, 0.4) is 0 Å². The summed E-state index contributed by atoms with van der Waals surface area (Å²) in [5, 5.41) is 0. The second-order valence-corrected chi connectivity index (χ2v) is 16.7. The zero-order valence-electron chi connectivity index (χ0n) is 41.7. The molecule has 0 unspecified atom stereocenters. The molecule has 6 nitrogen and oxygen atoms in total. The second kappa shape index (κ2) is 52.4. The molecule has 65 heavy (non-hydrogen) atoms. The summed E-state index contributed by atoms with van der Waals surface area (Å²) in [6, 6.07) is 0. The van der Waals surface area contributed by atoms with E-state index >= 15 is 0 Å². The standard InChI is InChI=1S/C59H94O6/c1-4-7-10-13-16-19-22-25-28-29-32-34-37-40-43-46-49-52-58(61)64-55-56(65-59(62)53-50-47-44-41-38-35-31-27-24-21-18-15-12-9-6-3)54-63-57(60)51-48-45-42-39-36-33-30-26-23-20-17-14-11-8-5-2/h8,11,16-21,25-28,30-32,34,36,38-39,41,56H,4-7,9-10,12-15,22-24,29,33,35,37,40,42-55H2,1-3H3/b11-8-,19-16-,20-17-,21-18-,28-25-,30-26-,31-27-,34-32-,39-36-,41-38-/t56-/m1/s1. The van der Waals surface area contributed by atoms with Gasteiger partial charge in [0.25, 0.3) is 0 Å². The van der Waals surface area contributed by atoms with Gasteiger partial charge in [0.15, 0.2) is 6.10 Å². The van der Waals surface area contributed by atoms with E-state index in [-0.39, 0.29) is 44.0 Å². The van der Waals surface area contributed by atoms with Crippen LogP contribution in [0.1, 0.15) is 213 Å². The van der Waals surface area contributed by atoms with Crippen LogP contribution in [0.2, 0.25) is 0 Å². The number of ether oxygens (including phenoxy) is 3. The first-order valence-corrected chi connectivity index (χ1v) is 26.0. The van der Waals surface area contributed by atoms with E-state index in [0.717, 1.165) is 109 Å². The summed E-state index contributed by atoms with van der Waals surface area (Å²) in [6.45, 7) is 6.36. The topological polar surface area (TPSA) is 78.9 Å². The Kier molecular flexibility index (Phi) is 49.1. The molecule has 0 aliphatic heterocycles. The van der Waals surface area contributed by atoms with Crippen LogP contribution in [0.5, 0.6) is 0 Å². The molecule has 0 amide bonds. The Labute approximate surface area is 399 Å². The van der Waals surface area contributed by atoms with Gasteiger partial charge < -0.3 is 14.2 Å². The summed E-state index contributed by atoms with van der Waals surface area (Å²) in [5.41, 5.74) is 0. The SMILES string of the molecule is CC/C=C\C/C=C\C/C=C\C/C=C\CCCCC(=O)OC[C@H](COC(=O)CCCCCC/C=C\C/C=C\C/C=C\CCCCC)OC(=O)CCCC/C=C\C/C=C\C/C=C\CCCCC. The molecule has 366 valence electrons. The number of allylic oxidation sites excluding steroid dienone is 20. The molecule has 0 bridgehead atoms. The molecule has 0 aliphatic carbocycles. The summed E-state index contributed by atoms with van der Waals surface area (Å²) in [4.78, 5) is 38.0. The monoisotopic (exact) mass is 899 g/mol. The van der Waals surface area contributed by atoms with Crippen molar-refractivity contribution in [2.45, 2.75) is 219 Å². The van der Waals surface area contributed by atoms with Gasteiger partial charge >= 0.3 is 17.9 Å². The van der Waals surface area contributed by atoms with Gasteiger partial charge in [0.1, 0.15) is 13.2 Å². The maximum absolute atomic E-state index is 12.8. The lowest BCUT2D eigenvalue weighted by atomic mass is 10.1. The Morgan fingerprint density at radius 1 is 0.323 bits per heavy atom. The van der Waals surface area contributed by atoms with Gasteiger partial charge in [0.05, 0.1) is 0 Å². The van der Waals surface area contributed by atoms with E-state index in [0.29, 0.717) is 19.3 Å². The third-order valence-corrected chi connectivity index (χ3v) is 10.4. The fourth-order valence-electron chi connectivity index (χ4n) is 6.50. The molecule has 0 saturated heterocycles. The molecule has 0 spiro atoms. The highest BCUT2D eigenvalue weighted by Gasteiger charge is 2.19. The number of carbonyl (C=O) groups is 3. The van der Waals surface area contributed by atoms with Crippen LogP contribution < -0.4 is 0 Å². The highest BCUT2D eigenvalue weighted by Crippen LogP contribution is 2.11. The van der Waals surface area contributed by atoms with Crippen LogP contribution in [-0.4, -0.2) is 37.2 Å². The van der Waals surface area contributed by atoms with Gasteiger partial charge in [0, 0.05) is 19.3 Å². The molecule has 0 aromatic heterocycles. The van der Waals surface area contributed by atoms with E-state index in [1.165, 1.54) is 51.4 Å². The van der Waals surface area contributed by atoms with Crippen molar-refractivity contribution in [3.63, 3.8) is 0 Å². The van der Waals surface area contributed by atoms with Crippen molar-refractivity contribution in [1.29, 1.82) is 0 Å². The normalized spacial score (nSPS) is 13.1. The lowest BCUT2D eigenvalue weighted by Crippen LogP contribution is -2.30. The van der Waals surface area contributed by atoms with E-state index in [9.17, 15) is 14.4 Å².